The second kappa shape index (κ2) is 7.92. The minimum absolute atomic E-state index is 0.0195. The Hall–Kier alpha value is -2.59. The molecule has 0 aliphatic carbocycles. The number of sulfonamides is 1. The number of carbonyl (C=O) groups is 1. The number of hydrogen-bond acceptors (Lipinski definition) is 5. The van der Waals surface area contributed by atoms with Crippen molar-refractivity contribution in [2.45, 2.75) is 31.7 Å². The summed E-state index contributed by atoms with van der Waals surface area (Å²) in [5.74, 6) is -0.327. The quantitative estimate of drug-likeness (QED) is 0.783. The molecular weight excluding hydrogens is 411 g/mol. The number of nitrogens with one attached hydrogen (secondary N) is 1. The van der Waals surface area contributed by atoms with E-state index in [9.17, 15) is 22.4 Å². The van der Waals surface area contributed by atoms with Crippen molar-refractivity contribution in [2.24, 2.45) is 0 Å². The van der Waals surface area contributed by atoms with Crippen molar-refractivity contribution >= 4 is 15.9 Å². The topological polar surface area (TPSA) is 103 Å². The van der Waals surface area contributed by atoms with Gasteiger partial charge in [-0.05, 0) is 31.0 Å². The summed E-state index contributed by atoms with van der Waals surface area (Å²) in [6.07, 6.45) is 3.01. The highest BCUT2D eigenvalue weighted by Gasteiger charge is 2.30. The number of fused-ring (bicyclic) bond motifs is 1. The number of rotatable bonds is 3. The standard InChI is InChI=1S/C20H23FN4O4S/c1-30(28,29)25-9-7-17-16(12-25)19(26)23-18(22-17)14-5-3-8-24(11-14)20(27)13-4-2-6-15(21)10-13/h2,4,6,10,14H,3,5,7-9,11-12H2,1H3,(H,22,23,26)/t14-/m0/s1. The fourth-order valence-electron chi connectivity index (χ4n) is 4.08. The molecule has 1 N–H and O–H groups in total. The van der Waals surface area contributed by atoms with Gasteiger partial charge in [0.2, 0.25) is 10.0 Å². The Kier molecular flexibility index (Phi) is 5.46. The number of aromatic amines is 1. The minimum Gasteiger partial charge on any atom is -0.338 e. The molecule has 1 saturated heterocycles. The Morgan fingerprint density at radius 1 is 1.30 bits per heavy atom. The number of hydrogen-bond donors (Lipinski definition) is 1. The number of piperidine rings is 1. The van der Waals surface area contributed by atoms with Crippen molar-refractivity contribution in [3.63, 3.8) is 0 Å². The average Bonchev–Trinajstić information content (AvgIpc) is 2.72. The van der Waals surface area contributed by atoms with Gasteiger partial charge in [0, 0.05) is 44.1 Å². The molecule has 0 radical (unpaired) electrons. The van der Waals surface area contributed by atoms with Crippen molar-refractivity contribution in [3.05, 3.63) is 63.1 Å². The molecule has 2 aliphatic heterocycles. The first-order chi connectivity index (χ1) is 14.2. The van der Waals surface area contributed by atoms with E-state index in [1.807, 2.05) is 0 Å². The zero-order valence-corrected chi connectivity index (χ0v) is 17.4. The van der Waals surface area contributed by atoms with Crippen molar-refractivity contribution in [2.75, 3.05) is 25.9 Å². The van der Waals surface area contributed by atoms with Crippen LogP contribution in [-0.2, 0) is 23.0 Å². The predicted molar refractivity (Wildman–Crippen MR) is 108 cm³/mol. The minimum atomic E-state index is -3.38. The molecule has 3 heterocycles. The summed E-state index contributed by atoms with van der Waals surface area (Å²) in [4.78, 5) is 34.5. The molecule has 1 fully saturated rings. The van der Waals surface area contributed by atoms with Gasteiger partial charge in [0.25, 0.3) is 11.5 Å². The summed E-state index contributed by atoms with van der Waals surface area (Å²) in [7, 11) is -3.38. The lowest BCUT2D eigenvalue weighted by molar-refractivity contribution is 0.0704. The van der Waals surface area contributed by atoms with E-state index < -0.39 is 15.8 Å². The van der Waals surface area contributed by atoms with Gasteiger partial charge >= 0.3 is 0 Å². The van der Waals surface area contributed by atoms with E-state index in [0.29, 0.717) is 42.2 Å². The molecule has 10 heteroatoms. The van der Waals surface area contributed by atoms with Crippen LogP contribution in [0.4, 0.5) is 4.39 Å². The third-order valence-corrected chi connectivity index (χ3v) is 6.94. The number of amides is 1. The van der Waals surface area contributed by atoms with Crippen LogP contribution >= 0.6 is 0 Å². The molecule has 1 amide bonds. The van der Waals surface area contributed by atoms with Gasteiger partial charge in [-0.2, -0.15) is 4.31 Å². The fourth-order valence-corrected chi connectivity index (χ4v) is 4.87. The third-order valence-electron chi connectivity index (χ3n) is 5.69. The Bertz CT molecular complexity index is 1150. The Balaban J connectivity index is 1.55. The molecular formula is C20H23FN4O4S. The summed E-state index contributed by atoms with van der Waals surface area (Å²) >= 11 is 0. The van der Waals surface area contributed by atoms with Crippen LogP contribution in [0.2, 0.25) is 0 Å². The van der Waals surface area contributed by atoms with E-state index in [-0.39, 0.29) is 30.5 Å². The van der Waals surface area contributed by atoms with Gasteiger partial charge in [0.05, 0.1) is 17.5 Å². The number of aromatic nitrogens is 2. The molecule has 0 unspecified atom stereocenters. The van der Waals surface area contributed by atoms with Crippen molar-refractivity contribution in [1.29, 1.82) is 0 Å². The van der Waals surface area contributed by atoms with Gasteiger partial charge in [-0.1, -0.05) is 6.07 Å². The number of halogens is 1. The predicted octanol–water partition coefficient (Wildman–Crippen LogP) is 1.25. The van der Waals surface area contributed by atoms with E-state index in [1.165, 1.54) is 22.5 Å². The lowest BCUT2D eigenvalue weighted by Crippen LogP contribution is -2.41. The maximum atomic E-state index is 13.5. The second-order valence-corrected chi connectivity index (χ2v) is 9.81. The lowest BCUT2D eigenvalue weighted by atomic mass is 9.96. The number of H-pyrrole nitrogens is 1. The molecule has 2 aromatic rings. The van der Waals surface area contributed by atoms with E-state index in [1.54, 1.807) is 11.0 Å². The first-order valence-corrected chi connectivity index (χ1v) is 11.7. The first kappa shape index (κ1) is 20.7. The van der Waals surface area contributed by atoms with Crippen LogP contribution in [-0.4, -0.2) is 59.4 Å². The SMILES string of the molecule is CS(=O)(=O)N1CCc2nc([C@H]3CCCN(C(=O)c4cccc(F)c4)C3)[nH]c(=O)c2C1. The monoisotopic (exact) mass is 434 g/mol. The second-order valence-electron chi connectivity index (χ2n) is 7.82. The maximum absolute atomic E-state index is 13.5. The highest BCUT2D eigenvalue weighted by atomic mass is 32.2. The maximum Gasteiger partial charge on any atom is 0.255 e. The summed E-state index contributed by atoms with van der Waals surface area (Å²) in [6, 6.07) is 5.61. The van der Waals surface area contributed by atoms with Crippen LogP contribution in [0.3, 0.4) is 0 Å². The zero-order chi connectivity index (χ0) is 21.5. The van der Waals surface area contributed by atoms with E-state index in [0.717, 1.165) is 19.1 Å². The molecule has 1 atom stereocenters. The van der Waals surface area contributed by atoms with E-state index in [4.69, 9.17) is 0 Å². The highest BCUT2D eigenvalue weighted by molar-refractivity contribution is 7.88. The average molecular weight is 434 g/mol. The van der Waals surface area contributed by atoms with E-state index in [2.05, 4.69) is 9.97 Å². The lowest BCUT2D eigenvalue weighted by Gasteiger charge is -2.33. The van der Waals surface area contributed by atoms with Crippen LogP contribution in [0.15, 0.2) is 29.1 Å². The highest BCUT2D eigenvalue weighted by Crippen LogP contribution is 2.26. The summed E-state index contributed by atoms with van der Waals surface area (Å²) in [5, 5.41) is 0. The van der Waals surface area contributed by atoms with Crippen LogP contribution in [0.25, 0.3) is 0 Å². The molecule has 1 aromatic heterocycles. The van der Waals surface area contributed by atoms with Crippen molar-refractivity contribution in [3.8, 4) is 0 Å². The van der Waals surface area contributed by atoms with E-state index >= 15 is 0 Å². The summed E-state index contributed by atoms with van der Waals surface area (Å²) < 4.78 is 38.3. The zero-order valence-electron chi connectivity index (χ0n) is 16.6. The molecule has 160 valence electrons. The number of nitrogens with zero attached hydrogens (tertiary/aromatic N) is 3. The van der Waals surface area contributed by atoms with Gasteiger partial charge in [0.15, 0.2) is 0 Å². The Labute approximate surface area is 173 Å². The number of benzene rings is 1. The molecule has 30 heavy (non-hydrogen) atoms. The van der Waals surface area contributed by atoms with Gasteiger partial charge in [-0.15, -0.1) is 0 Å². The third kappa shape index (κ3) is 4.15. The Morgan fingerprint density at radius 2 is 2.10 bits per heavy atom. The Morgan fingerprint density at radius 3 is 2.83 bits per heavy atom. The first-order valence-electron chi connectivity index (χ1n) is 9.84. The van der Waals surface area contributed by atoms with Gasteiger partial charge in [-0.25, -0.2) is 17.8 Å². The number of likely N-dealkylation sites (tertiary alicyclic amines) is 1. The smallest absolute Gasteiger partial charge is 0.255 e. The summed E-state index contributed by atoms with van der Waals surface area (Å²) in [6.45, 7) is 1.25. The molecule has 1 aromatic carbocycles. The van der Waals surface area contributed by atoms with Gasteiger partial charge in [-0.3, -0.25) is 9.59 Å². The van der Waals surface area contributed by atoms with Gasteiger partial charge in [0.1, 0.15) is 11.6 Å². The van der Waals surface area contributed by atoms with Crippen LogP contribution in [0, 0.1) is 5.82 Å². The van der Waals surface area contributed by atoms with Gasteiger partial charge < -0.3 is 9.88 Å². The number of carbonyl (C=O) groups excluding carboxylic acids is 1. The largest absolute Gasteiger partial charge is 0.338 e. The summed E-state index contributed by atoms with van der Waals surface area (Å²) in [5.41, 5.74) is 0.946. The molecule has 2 aliphatic rings. The van der Waals surface area contributed by atoms with Crippen LogP contribution < -0.4 is 5.56 Å². The molecule has 0 bridgehead atoms. The van der Waals surface area contributed by atoms with Crippen molar-refractivity contribution < 1.29 is 17.6 Å². The van der Waals surface area contributed by atoms with Crippen molar-refractivity contribution in [1.82, 2.24) is 19.2 Å². The molecule has 8 nitrogen and oxygen atoms in total. The molecule has 0 saturated carbocycles. The molecule has 0 spiro atoms. The normalized spacial score (nSPS) is 20.1. The molecule has 4 rings (SSSR count). The van der Waals surface area contributed by atoms with Crippen LogP contribution in [0.5, 0.6) is 0 Å². The van der Waals surface area contributed by atoms with Crippen LogP contribution in [0.1, 0.15) is 46.2 Å². The fraction of sp³-hybridized carbons (Fsp3) is 0.450.